The number of rotatable bonds is 5. The van der Waals surface area contributed by atoms with Crippen LogP contribution in [-0.4, -0.2) is 33.2 Å². The van der Waals surface area contributed by atoms with Gasteiger partial charge >= 0.3 is 0 Å². The van der Waals surface area contributed by atoms with E-state index in [2.05, 4.69) is 5.32 Å². The molecule has 0 aliphatic carbocycles. The van der Waals surface area contributed by atoms with E-state index in [4.69, 9.17) is 17.3 Å². The van der Waals surface area contributed by atoms with Crippen LogP contribution < -0.4 is 15.4 Å². The molecule has 0 saturated carbocycles. The maximum absolute atomic E-state index is 11.9. The highest BCUT2D eigenvalue weighted by atomic mass is 35.5. The predicted molar refractivity (Wildman–Crippen MR) is 84.1 cm³/mol. The summed E-state index contributed by atoms with van der Waals surface area (Å²) in [6, 6.07) is 4.82. The maximum Gasteiger partial charge on any atom is 0.235 e. The van der Waals surface area contributed by atoms with Gasteiger partial charge in [0, 0.05) is 18.7 Å². The standard InChI is InChI=1S/C13H18ClN3O3S/c14-11-9-10(16-13(18)3-1-6-15)4-5-12(11)17-7-2-8-21(17,19)20/h4-5,9H,1-3,6-8,15H2,(H,16,18). The number of nitrogens with two attached hydrogens (primary N) is 1. The van der Waals surface area contributed by atoms with Gasteiger partial charge in [-0.2, -0.15) is 0 Å². The van der Waals surface area contributed by atoms with Crippen molar-refractivity contribution in [2.75, 3.05) is 28.5 Å². The summed E-state index contributed by atoms with van der Waals surface area (Å²) in [6.45, 7) is 0.893. The van der Waals surface area contributed by atoms with E-state index in [1.165, 1.54) is 4.31 Å². The van der Waals surface area contributed by atoms with Gasteiger partial charge in [-0.1, -0.05) is 11.6 Å². The zero-order chi connectivity index (χ0) is 15.5. The SMILES string of the molecule is NCCCC(=O)Nc1ccc(N2CCCS2(=O)=O)c(Cl)c1. The van der Waals surface area contributed by atoms with E-state index < -0.39 is 10.0 Å². The molecule has 1 aliphatic heterocycles. The van der Waals surface area contributed by atoms with E-state index in [1.807, 2.05) is 0 Å². The monoisotopic (exact) mass is 331 g/mol. The molecule has 8 heteroatoms. The second-order valence-corrected chi connectivity index (χ2v) is 7.27. The third kappa shape index (κ3) is 3.87. The van der Waals surface area contributed by atoms with Crippen LogP contribution in [0.3, 0.4) is 0 Å². The molecule has 0 bridgehead atoms. The second-order valence-electron chi connectivity index (χ2n) is 4.85. The molecule has 1 aromatic carbocycles. The van der Waals surface area contributed by atoms with Crippen LogP contribution in [0.4, 0.5) is 11.4 Å². The Bertz CT molecular complexity index is 634. The van der Waals surface area contributed by atoms with E-state index in [9.17, 15) is 13.2 Å². The highest BCUT2D eigenvalue weighted by molar-refractivity contribution is 7.93. The summed E-state index contributed by atoms with van der Waals surface area (Å²) >= 11 is 6.15. The molecule has 0 aromatic heterocycles. The molecule has 21 heavy (non-hydrogen) atoms. The zero-order valence-corrected chi connectivity index (χ0v) is 13.1. The molecule has 1 amide bonds. The van der Waals surface area contributed by atoms with Crippen molar-refractivity contribution in [3.63, 3.8) is 0 Å². The van der Waals surface area contributed by atoms with Crippen molar-refractivity contribution in [1.29, 1.82) is 0 Å². The van der Waals surface area contributed by atoms with Crippen molar-refractivity contribution >= 4 is 38.9 Å². The first-order valence-electron chi connectivity index (χ1n) is 6.74. The van der Waals surface area contributed by atoms with Crippen molar-refractivity contribution < 1.29 is 13.2 Å². The van der Waals surface area contributed by atoms with Crippen molar-refractivity contribution in [1.82, 2.24) is 0 Å². The molecule has 1 fully saturated rings. The van der Waals surface area contributed by atoms with Gasteiger partial charge in [-0.3, -0.25) is 9.10 Å². The fraction of sp³-hybridized carbons (Fsp3) is 0.462. The van der Waals surface area contributed by atoms with Crippen molar-refractivity contribution in [3.8, 4) is 0 Å². The molecule has 6 nitrogen and oxygen atoms in total. The van der Waals surface area contributed by atoms with Crippen LogP contribution >= 0.6 is 11.6 Å². The molecular weight excluding hydrogens is 314 g/mol. The molecule has 1 saturated heterocycles. The summed E-state index contributed by atoms with van der Waals surface area (Å²) in [5.41, 5.74) is 6.34. The lowest BCUT2D eigenvalue weighted by molar-refractivity contribution is -0.116. The number of hydrogen-bond acceptors (Lipinski definition) is 4. The summed E-state index contributed by atoms with van der Waals surface area (Å²) in [7, 11) is -3.26. The Balaban J connectivity index is 2.13. The summed E-state index contributed by atoms with van der Waals surface area (Å²) < 4.78 is 25.1. The number of amides is 1. The number of halogens is 1. The average Bonchev–Trinajstić information content (AvgIpc) is 2.76. The number of nitrogens with zero attached hydrogens (tertiary/aromatic N) is 1. The lowest BCUT2D eigenvalue weighted by atomic mass is 10.2. The van der Waals surface area contributed by atoms with Crippen LogP contribution in [0.1, 0.15) is 19.3 Å². The minimum Gasteiger partial charge on any atom is -0.330 e. The highest BCUT2D eigenvalue weighted by Gasteiger charge is 2.29. The molecule has 0 radical (unpaired) electrons. The first-order chi connectivity index (χ1) is 9.94. The average molecular weight is 332 g/mol. The lowest BCUT2D eigenvalue weighted by Gasteiger charge is -2.19. The number of sulfonamides is 1. The van der Waals surface area contributed by atoms with Gasteiger partial charge in [0.1, 0.15) is 0 Å². The van der Waals surface area contributed by atoms with Gasteiger partial charge < -0.3 is 11.1 Å². The van der Waals surface area contributed by atoms with E-state index in [0.29, 0.717) is 48.7 Å². The van der Waals surface area contributed by atoms with Crippen LogP contribution in [-0.2, 0) is 14.8 Å². The third-order valence-corrected chi connectivity index (χ3v) is 5.37. The van der Waals surface area contributed by atoms with Crippen molar-refractivity contribution in [2.45, 2.75) is 19.3 Å². The molecule has 0 spiro atoms. The smallest absolute Gasteiger partial charge is 0.235 e. The van der Waals surface area contributed by atoms with Gasteiger partial charge in [-0.05, 0) is 37.6 Å². The molecular formula is C13H18ClN3O3S. The number of carbonyl (C=O) groups excluding carboxylic acids is 1. The van der Waals surface area contributed by atoms with Gasteiger partial charge in [0.25, 0.3) is 0 Å². The van der Waals surface area contributed by atoms with E-state index in [0.717, 1.165) is 0 Å². The Labute approximate surface area is 129 Å². The van der Waals surface area contributed by atoms with Crippen molar-refractivity contribution in [2.24, 2.45) is 5.73 Å². The minimum atomic E-state index is -3.26. The molecule has 1 aliphatic rings. The highest BCUT2D eigenvalue weighted by Crippen LogP contribution is 2.33. The van der Waals surface area contributed by atoms with Crippen molar-refractivity contribution in [3.05, 3.63) is 23.2 Å². The molecule has 1 aromatic rings. The third-order valence-electron chi connectivity index (χ3n) is 3.21. The molecule has 2 rings (SSSR count). The Morgan fingerprint density at radius 2 is 2.19 bits per heavy atom. The molecule has 0 atom stereocenters. The Morgan fingerprint density at radius 3 is 2.76 bits per heavy atom. The quantitative estimate of drug-likeness (QED) is 0.856. The Morgan fingerprint density at radius 1 is 1.43 bits per heavy atom. The van der Waals surface area contributed by atoms with Crippen LogP contribution in [0, 0.1) is 0 Å². The predicted octanol–water partition coefficient (Wildman–Crippen LogP) is 1.56. The van der Waals surface area contributed by atoms with Crippen LogP contribution in [0.5, 0.6) is 0 Å². The maximum atomic E-state index is 11.9. The van der Waals surface area contributed by atoms with Crippen LogP contribution in [0.15, 0.2) is 18.2 Å². The van der Waals surface area contributed by atoms with Crippen LogP contribution in [0.25, 0.3) is 0 Å². The molecule has 1 heterocycles. The van der Waals surface area contributed by atoms with Gasteiger partial charge in [0.05, 0.1) is 16.5 Å². The topological polar surface area (TPSA) is 92.5 Å². The normalized spacial score (nSPS) is 17.0. The van der Waals surface area contributed by atoms with E-state index in [1.54, 1.807) is 18.2 Å². The van der Waals surface area contributed by atoms with Crippen LogP contribution in [0.2, 0.25) is 5.02 Å². The van der Waals surface area contributed by atoms with Gasteiger partial charge in [0.2, 0.25) is 15.9 Å². The minimum absolute atomic E-state index is 0.140. The fourth-order valence-corrected chi connectivity index (χ4v) is 4.10. The number of hydrogen-bond donors (Lipinski definition) is 2. The molecule has 116 valence electrons. The number of anilines is 2. The number of carbonyl (C=O) groups is 1. The molecule has 0 unspecified atom stereocenters. The first-order valence-corrected chi connectivity index (χ1v) is 8.72. The van der Waals surface area contributed by atoms with Gasteiger partial charge in [0.15, 0.2) is 0 Å². The Kier molecular flexibility index (Phi) is 5.08. The Hall–Kier alpha value is -1.31. The fourth-order valence-electron chi connectivity index (χ4n) is 2.18. The largest absolute Gasteiger partial charge is 0.330 e. The number of nitrogens with one attached hydrogen (secondary N) is 1. The second kappa shape index (κ2) is 6.64. The summed E-state index contributed by atoms with van der Waals surface area (Å²) in [5, 5.41) is 3.01. The summed E-state index contributed by atoms with van der Waals surface area (Å²) in [4.78, 5) is 11.6. The molecule has 3 N–H and O–H groups in total. The summed E-state index contributed by atoms with van der Waals surface area (Å²) in [6.07, 6.45) is 1.55. The van der Waals surface area contributed by atoms with E-state index >= 15 is 0 Å². The number of benzene rings is 1. The van der Waals surface area contributed by atoms with Gasteiger partial charge in [-0.25, -0.2) is 8.42 Å². The first kappa shape index (κ1) is 16.1. The van der Waals surface area contributed by atoms with E-state index in [-0.39, 0.29) is 11.7 Å². The lowest BCUT2D eigenvalue weighted by Crippen LogP contribution is -2.25. The van der Waals surface area contributed by atoms with Gasteiger partial charge in [-0.15, -0.1) is 0 Å². The summed E-state index contributed by atoms with van der Waals surface area (Å²) in [5.74, 6) is -0.000898. The zero-order valence-electron chi connectivity index (χ0n) is 11.5.